The highest BCUT2D eigenvalue weighted by Gasteiger charge is 2.09. The van der Waals surface area contributed by atoms with Crippen molar-refractivity contribution in [3.8, 4) is 0 Å². The van der Waals surface area contributed by atoms with E-state index in [1.165, 1.54) is 22.7 Å². The highest BCUT2D eigenvalue weighted by Crippen LogP contribution is 2.14. The molecule has 0 radical (unpaired) electrons. The fourth-order valence-corrected chi connectivity index (χ4v) is 2.68. The number of nitrogens with zero attached hydrogens (tertiary/aromatic N) is 1. The molecule has 0 aromatic carbocycles. The topological polar surface area (TPSA) is 54.0 Å². The third-order valence-corrected chi connectivity index (χ3v) is 3.76. The van der Waals surface area contributed by atoms with Gasteiger partial charge in [0.15, 0.2) is 10.2 Å². The highest BCUT2D eigenvalue weighted by atomic mass is 32.1. The summed E-state index contributed by atoms with van der Waals surface area (Å²) in [6, 6.07) is 3.57. The summed E-state index contributed by atoms with van der Waals surface area (Å²) < 4.78 is 0. The maximum absolute atomic E-state index is 11.7. The predicted octanol–water partition coefficient (Wildman–Crippen LogP) is 2.64. The van der Waals surface area contributed by atoms with Crippen molar-refractivity contribution in [3.63, 3.8) is 0 Å². The number of carbonyl (C=O) groups excluding carboxylic acids is 1. The third kappa shape index (κ3) is 3.32. The summed E-state index contributed by atoms with van der Waals surface area (Å²) in [5.41, 5.74) is 0.921. The molecule has 0 spiro atoms. The largest absolute Gasteiger partial charge is 0.308 e. The Morgan fingerprint density at radius 3 is 2.88 bits per heavy atom. The van der Waals surface area contributed by atoms with Gasteiger partial charge in [0.05, 0.1) is 10.6 Å². The van der Waals surface area contributed by atoms with E-state index in [1.807, 2.05) is 23.8 Å². The lowest BCUT2D eigenvalue weighted by Crippen LogP contribution is -2.33. The molecule has 0 fully saturated rings. The summed E-state index contributed by atoms with van der Waals surface area (Å²) in [6.07, 6.45) is 0. The second-order valence-electron chi connectivity index (χ2n) is 3.18. The number of thiazole rings is 1. The number of aromatic nitrogens is 1. The number of nitrogens with one attached hydrogen (secondary N) is 2. The number of thiophene rings is 1. The summed E-state index contributed by atoms with van der Waals surface area (Å²) >= 11 is 7.84. The maximum Gasteiger partial charge on any atom is 0.267 e. The van der Waals surface area contributed by atoms with Crippen LogP contribution >= 0.6 is 34.9 Å². The second kappa shape index (κ2) is 5.35. The van der Waals surface area contributed by atoms with Gasteiger partial charge in [0, 0.05) is 5.38 Å². The van der Waals surface area contributed by atoms with Gasteiger partial charge >= 0.3 is 0 Å². The lowest BCUT2D eigenvalue weighted by Gasteiger charge is -2.05. The van der Waals surface area contributed by atoms with Gasteiger partial charge in [0.1, 0.15) is 0 Å². The van der Waals surface area contributed by atoms with E-state index < -0.39 is 0 Å². The summed E-state index contributed by atoms with van der Waals surface area (Å²) in [6.45, 7) is 1.90. The van der Waals surface area contributed by atoms with E-state index in [-0.39, 0.29) is 11.0 Å². The standard InChI is InChI=1S/C10H9N3OS3/c1-6-5-17-10(11-6)13-9(15)12-8(14)7-3-2-4-16-7/h2-5H,1H3,(H2,11,12,13,14,15). The summed E-state index contributed by atoms with van der Waals surface area (Å²) in [7, 11) is 0. The van der Waals surface area contributed by atoms with Gasteiger partial charge in [-0.25, -0.2) is 4.98 Å². The molecule has 2 rings (SSSR count). The van der Waals surface area contributed by atoms with E-state index >= 15 is 0 Å². The molecule has 0 aliphatic carbocycles. The summed E-state index contributed by atoms with van der Waals surface area (Å²) in [5.74, 6) is -0.203. The van der Waals surface area contributed by atoms with E-state index in [9.17, 15) is 4.79 Å². The van der Waals surface area contributed by atoms with E-state index in [4.69, 9.17) is 12.2 Å². The van der Waals surface area contributed by atoms with Gasteiger partial charge in [-0.05, 0) is 30.6 Å². The maximum atomic E-state index is 11.7. The summed E-state index contributed by atoms with van der Waals surface area (Å²) in [5, 5.41) is 10.2. The Hall–Kier alpha value is -1.31. The first kappa shape index (κ1) is 12.2. The first-order chi connectivity index (χ1) is 8.15. The number of rotatable bonds is 2. The minimum atomic E-state index is -0.203. The zero-order valence-corrected chi connectivity index (χ0v) is 11.3. The van der Waals surface area contributed by atoms with Gasteiger partial charge < -0.3 is 5.32 Å². The van der Waals surface area contributed by atoms with Gasteiger partial charge in [-0.2, -0.15) is 0 Å². The lowest BCUT2D eigenvalue weighted by atomic mass is 10.4. The zero-order valence-electron chi connectivity index (χ0n) is 8.89. The monoisotopic (exact) mass is 283 g/mol. The van der Waals surface area contributed by atoms with Crippen LogP contribution in [0.4, 0.5) is 5.13 Å². The number of anilines is 1. The molecule has 2 heterocycles. The Balaban J connectivity index is 1.92. The SMILES string of the molecule is Cc1csc(NC(=S)NC(=O)c2cccs2)n1. The van der Waals surface area contributed by atoms with Crippen molar-refractivity contribution in [1.29, 1.82) is 0 Å². The number of aryl methyl sites for hydroxylation is 1. The van der Waals surface area contributed by atoms with Crippen molar-refractivity contribution in [1.82, 2.24) is 10.3 Å². The first-order valence-electron chi connectivity index (χ1n) is 4.73. The van der Waals surface area contributed by atoms with Crippen LogP contribution in [-0.2, 0) is 0 Å². The number of hydrogen-bond acceptors (Lipinski definition) is 5. The average Bonchev–Trinajstić information content (AvgIpc) is 2.89. The molecule has 7 heteroatoms. The van der Waals surface area contributed by atoms with Gasteiger partial charge in [-0.3, -0.25) is 10.1 Å². The van der Waals surface area contributed by atoms with Crippen molar-refractivity contribution in [2.45, 2.75) is 6.92 Å². The van der Waals surface area contributed by atoms with Gasteiger partial charge in [0.2, 0.25) is 0 Å². The van der Waals surface area contributed by atoms with Crippen LogP contribution < -0.4 is 10.6 Å². The quantitative estimate of drug-likeness (QED) is 0.832. The van der Waals surface area contributed by atoms with Crippen LogP contribution in [0.5, 0.6) is 0 Å². The molecule has 0 saturated carbocycles. The number of thiocarbonyl (C=S) groups is 1. The Labute approximate surface area is 112 Å². The van der Waals surface area contributed by atoms with E-state index in [0.29, 0.717) is 10.0 Å². The molecule has 0 aliphatic heterocycles. The number of amides is 1. The molecule has 0 saturated heterocycles. The van der Waals surface area contributed by atoms with E-state index in [0.717, 1.165) is 5.69 Å². The van der Waals surface area contributed by atoms with Gasteiger partial charge in [-0.15, -0.1) is 22.7 Å². The minimum Gasteiger partial charge on any atom is -0.308 e. The molecular weight excluding hydrogens is 274 g/mol. The molecule has 88 valence electrons. The van der Waals surface area contributed by atoms with Crippen LogP contribution in [0.3, 0.4) is 0 Å². The normalized spacial score (nSPS) is 9.94. The fourth-order valence-electron chi connectivity index (χ4n) is 1.11. The summed E-state index contributed by atoms with van der Waals surface area (Å²) in [4.78, 5) is 16.5. The molecule has 0 aliphatic rings. The molecule has 2 aromatic rings. The van der Waals surface area contributed by atoms with Crippen molar-refractivity contribution >= 4 is 51.0 Å². The van der Waals surface area contributed by atoms with Crippen LogP contribution in [0.2, 0.25) is 0 Å². The average molecular weight is 283 g/mol. The lowest BCUT2D eigenvalue weighted by molar-refractivity contribution is 0.0981. The van der Waals surface area contributed by atoms with Gasteiger partial charge in [0.25, 0.3) is 5.91 Å². The molecule has 0 bridgehead atoms. The van der Waals surface area contributed by atoms with Crippen LogP contribution in [0.15, 0.2) is 22.9 Å². The minimum absolute atomic E-state index is 0.203. The van der Waals surface area contributed by atoms with Crippen molar-refractivity contribution in [2.75, 3.05) is 5.32 Å². The first-order valence-corrected chi connectivity index (χ1v) is 6.90. The Morgan fingerprint density at radius 1 is 1.47 bits per heavy atom. The molecular formula is C10H9N3OS3. The van der Waals surface area contributed by atoms with Crippen LogP contribution in [-0.4, -0.2) is 16.0 Å². The van der Waals surface area contributed by atoms with E-state index in [2.05, 4.69) is 15.6 Å². The van der Waals surface area contributed by atoms with Crippen LogP contribution in [0.25, 0.3) is 0 Å². The number of hydrogen-bond donors (Lipinski definition) is 2. The molecule has 0 atom stereocenters. The molecule has 0 unspecified atom stereocenters. The molecule has 2 N–H and O–H groups in total. The smallest absolute Gasteiger partial charge is 0.267 e. The van der Waals surface area contributed by atoms with Crippen LogP contribution in [0.1, 0.15) is 15.4 Å². The molecule has 2 aromatic heterocycles. The van der Waals surface area contributed by atoms with Crippen molar-refractivity contribution in [2.24, 2.45) is 0 Å². The zero-order chi connectivity index (χ0) is 12.3. The Kier molecular flexibility index (Phi) is 3.82. The number of carbonyl (C=O) groups is 1. The van der Waals surface area contributed by atoms with Crippen molar-refractivity contribution < 1.29 is 4.79 Å². The van der Waals surface area contributed by atoms with Gasteiger partial charge in [-0.1, -0.05) is 6.07 Å². The highest BCUT2D eigenvalue weighted by molar-refractivity contribution is 7.80. The molecule has 4 nitrogen and oxygen atoms in total. The van der Waals surface area contributed by atoms with Crippen LogP contribution in [0, 0.1) is 6.92 Å². The van der Waals surface area contributed by atoms with Crippen molar-refractivity contribution in [3.05, 3.63) is 33.5 Å². The predicted molar refractivity (Wildman–Crippen MR) is 74.9 cm³/mol. The van der Waals surface area contributed by atoms with E-state index in [1.54, 1.807) is 6.07 Å². The third-order valence-electron chi connectivity index (χ3n) is 1.81. The Morgan fingerprint density at radius 2 is 2.29 bits per heavy atom. The fraction of sp³-hybridized carbons (Fsp3) is 0.100. The molecule has 17 heavy (non-hydrogen) atoms. The molecule has 1 amide bonds. The Bertz CT molecular complexity index is 533. The second-order valence-corrected chi connectivity index (χ2v) is 5.39.